The van der Waals surface area contributed by atoms with E-state index in [1.54, 1.807) is 12.3 Å². The van der Waals surface area contributed by atoms with Gasteiger partial charge in [0.2, 0.25) is 0 Å². The van der Waals surface area contributed by atoms with Crippen LogP contribution in [0.1, 0.15) is 55.1 Å². The second kappa shape index (κ2) is 6.04. The lowest BCUT2D eigenvalue weighted by molar-refractivity contribution is 0.0919. The van der Waals surface area contributed by atoms with E-state index in [9.17, 15) is 4.79 Å². The third kappa shape index (κ3) is 3.46. The van der Waals surface area contributed by atoms with Crippen LogP contribution in [0.15, 0.2) is 12.3 Å². The first-order valence-electron chi connectivity index (χ1n) is 7.13. The van der Waals surface area contributed by atoms with Crippen molar-refractivity contribution in [3.05, 3.63) is 23.5 Å². The third-order valence-corrected chi connectivity index (χ3v) is 4.01. The number of carbonyl (C=O) groups excluding carboxylic acids is 1. The summed E-state index contributed by atoms with van der Waals surface area (Å²) >= 11 is 0. The van der Waals surface area contributed by atoms with E-state index in [0.717, 1.165) is 24.5 Å². The Morgan fingerprint density at radius 2 is 2.32 bits per heavy atom. The normalized spacial score (nSPS) is 23.1. The van der Waals surface area contributed by atoms with Crippen LogP contribution in [0, 0.1) is 12.8 Å². The summed E-state index contributed by atoms with van der Waals surface area (Å²) in [4.78, 5) is 16.4. The molecule has 1 heterocycles. The van der Waals surface area contributed by atoms with Gasteiger partial charge in [-0.05, 0) is 31.7 Å². The summed E-state index contributed by atoms with van der Waals surface area (Å²) in [5.74, 6) is 0.652. The fourth-order valence-electron chi connectivity index (χ4n) is 2.83. The Kier molecular flexibility index (Phi) is 4.40. The molecule has 0 aromatic carbocycles. The molecular weight excluding hydrogens is 238 g/mol. The van der Waals surface area contributed by atoms with Crippen LogP contribution in [0.3, 0.4) is 0 Å². The molecule has 0 spiro atoms. The zero-order valence-electron chi connectivity index (χ0n) is 11.8. The van der Waals surface area contributed by atoms with Gasteiger partial charge in [0.1, 0.15) is 0 Å². The maximum atomic E-state index is 12.2. The number of nitrogens with one attached hydrogen (secondary N) is 1. The van der Waals surface area contributed by atoms with Gasteiger partial charge in [0.25, 0.3) is 5.91 Å². The lowest BCUT2D eigenvalue weighted by atomic mass is 9.84. The number of aromatic nitrogens is 1. The molecule has 1 fully saturated rings. The molecule has 1 aliphatic rings. The van der Waals surface area contributed by atoms with Crippen molar-refractivity contribution in [3.8, 4) is 0 Å². The van der Waals surface area contributed by atoms with Crippen molar-refractivity contribution in [2.75, 3.05) is 5.73 Å². The molecule has 2 rings (SSSR count). The van der Waals surface area contributed by atoms with E-state index < -0.39 is 0 Å². The monoisotopic (exact) mass is 261 g/mol. The molecular formula is C15H23N3O. The molecule has 1 aromatic heterocycles. The minimum absolute atomic E-state index is 0.0910. The first-order valence-corrected chi connectivity index (χ1v) is 7.13. The van der Waals surface area contributed by atoms with Crippen molar-refractivity contribution in [1.29, 1.82) is 0 Å². The number of pyridine rings is 1. The number of rotatable bonds is 3. The van der Waals surface area contributed by atoms with Crippen molar-refractivity contribution in [3.63, 3.8) is 0 Å². The standard InChI is InChI=1S/C15H23N3O/c1-3-11-5-4-6-12(8-11)18-15(19)13-9-17-10(2)7-14(13)16/h7,9,11-12H,3-6,8H2,1-2H3,(H2,16,17)(H,18,19). The van der Waals surface area contributed by atoms with E-state index in [0.29, 0.717) is 11.3 Å². The maximum Gasteiger partial charge on any atom is 0.255 e. The summed E-state index contributed by atoms with van der Waals surface area (Å²) in [5, 5.41) is 3.10. The minimum atomic E-state index is -0.0910. The third-order valence-electron chi connectivity index (χ3n) is 4.01. The average Bonchev–Trinajstić information content (AvgIpc) is 2.38. The summed E-state index contributed by atoms with van der Waals surface area (Å²) in [5.41, 5.74) is 7.71. The van der Waals surface area contributed by atoms with Gasteiger partial charge in [0.15, 0.2) is 0 Å². The highest BCUT2D eigenvalue weighted by Gasteiger charge is 2.23. The Hall–Kier alpha value is -1.58. The minimum Gasteiger partial charge on any atom is -0.398 e. The second-order valence-corrected chi connectivity index (χ2v) is 5.52. The molecule has 104 valence electrons. The topological polar surface area (TPSA) is 68.0 Å². The van der Waals surface area contributed by atoms with Gasteiger partial charge in [-0.1, -0.05) is 26.2 Å². The molecule has 19 heavy (non-hydrogen) atoms. The van der Waals surface area contributed by atoms with Gasteiger partial charge in [-0.15, -0.1) is 0 Å². The molecule has 3 N–H and O–H groups in total. The first-order chi connectivity index (χ1) is 9.10. The zero-order chi connectivity index (χ0) is 13.8. The number of nitrogens with zero attached hydrogens (tertiary/aromatic N) is 1. The highest BCUT2D eigenvalue weighted by Crippen LogP contribution is 2.26. The van der Waals surface area contributed by atoms with Crippen molar-refractivity contribution in [1.82, 2.24) is 10.3 Å². The Labute approximate surface area is 114 Å². The van der Waals surface area contributed by atoms with Crippen LogP contribution in [0.5, 0.6) is 0 Å². The van der Waals surface area contributed by atoms with Crippen LogP contribution < -0.4 is 11.1 Å². The van der Waals surface area contributed by atoms with Gasteiger partial charge >= 0.3 is 0 Å². The highest BCUT2D eigenvalue weighted by molar-refractivity contribution is 5.98. The van der Waals surface area contributed by atoms with Gasteiger partial charge in [0, 0.05) is 23.6 Å². The average molecular weight is 261 g/mol. The summed E-state index contributed by atoms with van der Waals surface area (Å²) in [7, 11) is 0. The number of amides is 1. The fourth-order valence-corrected chi connectivity index (χ4v) is 2.83. The summed E-state index contributed by atoms with van der Waals surface area (Å²) in [6.45, 7) is 4.09. The predicted molar refractivity (Wildman–Crippen MR) is 76.9 cm³/mol. The SMILES string of the molecule is CCC1CCCC(NC(=O)c2cnc(C)cc2N)C1. The predicted octanol–water partition coefficient (Wildman–Crippen LogP) is 2.67. The zero-order valence-corrected chi connectivity index (χ0v) is 11.8. The maximum absolute atomic E-state index is 12.2. The van der Waals surface area contributed by atoms with Crippen LogP contribution in [-0.2, 0) is 0 Å². The Morgan fingerprint density at radius 1 is 1.53 bits per heavy atom. The van der Waals surface area contributed by atoms with Gasteiger partial charge in [-0.2, -0.15) is 0 Å². The van der Waals surface area contributed by atoms with Crippen LogP contribution in [0.2, 0.25) is 0 Å². The number of anilines is 1. The molecule has 0 saturated heterocycles. The molecule has 1 aliphatic carbocycles. The Bertz CT molecular complexity index is 459. The van der Waals surface area contributed by atoms with Gasteiger partial charge in [-0.25, -0.2) is 0 Å². The summed E-state index contributed by atoms with van der Waals surface area (Å²) in [6.07, 6.45) is 7.41. The Balaban J connectivity index is 2.00. The van der Waals surface area contributed by atoms with Gasteiger partial charge in [0.05, 0.1) is 5.56 Å². The quantitative estimate of drug-likeness (QED) is 0.879. The molecule has 1 saturated carbocycles. The van der Waals surface area contributed by atoms with Crippen molar-refractivity contribution in [2.24, 2.45) is 5.92 Å². The molecule has 4 nitrogen and oxygen atoms in total. The van der Waals surface area contributed by atoms with Crippen molar-refractivity contribution in [2.45, 2.75) is 52.0 Å². The number of hydrogen-bond donors (Lipinski definition) is 2. The van der Waals surface area contributed by atoms with Crippen LogP contribution >= 0.6 is 0 Å². The first kappa shape index (κ1) is 13.8. The smallest absolute Gasteiger partial charge is 0.255 e. The van der Waals surface area contributed by atoms with E-state index >= 15 is 0 Å². The fraction of sp³-hybridized carbons (Fsp3) is 0.600. The highest BCUT2D eigenvalue weighted by atomic mass is 16.1. The lowest BCUT2D eigenvalue weighted by Crippen LogP contribution is -2.38. The second-order valence-electron chi connectivity index (χ2n) is 5.52. The van der Waals surface area contributed by atoms with E-state index in [4.69, 9.17) is 5.73 Å². The number of nitrogens with two attached hydrogens (primary N) is 1. The number of aryl methyl sites for hydroxylation is 1. The molecule has 1 amide bonds. The molecule has 4 heteroatoms. The van der Waals surface area contributed by atoms with Crippen LogP contribution in [0.4, 0.5) is 5.69 Å². The van der Waals surface area contributed by atoms with E-state index in [-0.39, 0.29) is 11.9 Å². The molecule has 0 radical (unpaired) electrons. The molecule has 0 bridgehead atoms. The summed E-state index contributed by atoms with van der Waals surface area (Å²) < 4.78 is 0. The van der Waals surface area contributed by atoms with Crippen LogP contribution in [0.25, 0.3) is 0 Å². The summed E-state index contributed by atoms with van der Waals surface area (Å²) in [6, 6.07) is 2.02. The Morgan fingerprint density at radius 3 is 3.00 bits per heavy atom. The van der Waals surface area contributed by atoms with Crippen molar-refractivity contribution < 1.29 is 4.79 Å². The van der Waals surface area contributed by atoms with E-state index in [1.165, 1.54) is 19.3 Å². The van der Waals surface area contributed by atoms with E-state index in [1.807, 2.05) is 6.92 Å². The lowest BCUT2D eigenvalue weighted by Gasteiger charge is -2.29. The molecule has 1 aromatic rings. The number of carbonyl (C=O) groups is 1. The van der Waals surface area contributed by atoms with Crippen molar-refractivity contribution >= 4 is 11.6 Å². The van der Waals surface area contributed by atoms with Gasteiger partial charge in [-0.3, -0.25) is 9.78 Å². The largest absolute Gasteiger partial charge is 0.398 e. The molecule has 2 unspecified atom stereocenters. The van der Waals surface area contributed by atoms with E-state index in [2.05, 4.69) is 17.2 Å². The number of hydrogen-bond acceptors (Lipinski definition) is 3. The van der Waals surface area contributed by atoms with Gasteiger partial charge < -0.3 is 11.1 Å². The molecule has 0 aliphatic heterocycles. The van der Waals surface area contributed by atoms with Crippen LogP contribution in [-0.4, -0.2) is 16.9 Å². The molecule has 2 atom stereocenters. The number of nitrogen functional groups attached to an aromatic ring is 1.